The lowest BCUT2D eigenvalue weighted by Gasteiger charge is -2.11. The van der Waals surface area contributed by atoms with Gasteiger partial charge in [-0.2, -0.15) is 0 Å². The first-order valence-electron chi connectivity index (χ1n) is 5.26. The number of hydrogen-bond donors (Lipinski definition) is 1. The predicted octanol–water partition coefficient (Wildman–Crippen LogP) is 2.79. The number of nitrogens with zero attached hydrogens (tertiary/aromatic N) is 1. The van der Waals surface area contributed by atoms with Crippen LogP contribution in [0.4, 0.5) is 5.69 Å². The minimum atomic E-state index is 0.577. The van der Waals surface area contributed by atoms with E-state index in [-0.39, 0.29) is 0 Å². The van der Waals surface area contributed by atoms with Crippen LogP contribution in [-0.2, 0) is 5.88 Å². The molecule has 3 heteroatoms. The number of rotatable bonds is 6. The first kappa shape index (κ1) is 12.3. The van der Waals surface area contributed by atoms with Gasteiger partial charge in [-0.15, -0.1) is 11.6 Å². The van der Waals surface area contributed by atoms with Gasteiger partial charge in [-0.05, 0) is 44.8 Å². The second-order valence-corrected chi connectivity index (χ2v) is 4.18. The standard InChI is InChI=1S/C12H19ClN2/c1-15(2)8-4-7-14-12-6-3-5-11(9-12)10-13/h3,5-6,9,14H,4,7-8,10H2,1-2H3. The maximum Gasteiger partial charge on any atom is 0.0474 e. The van der Waals surface area contributed by atoms with Crippen molar-refractivity contribution in [3.05, 3.63) is 29.8 Å². The lowest BCUT2D eigenvalue weighted by Crippen LogP contribution is -2.16. The van der Waals surface area contributed by atoms with Gasteiger partial charge in [-0.25, -0.2) is 0 Å². The fourth-order valence-corrected chi connectivity index (χ4v) is 1.56. The normalized spacial score (nSPS) is 10.7. The van der Waals surface area contributed by atoms with Crippen LogP contribution in [0.15, 0.2) is 24.3 Å². The van der Waals surface area contributed by atoms with Crippen LogP contribution < -0.4 is 5.32 Å². The smallest absolute Gasteiger partial charge is 0.0474 e. The van der Waals surface area contributed by atoms with Crippen LogP contribution in [0.2, 0.25) is 0 Å². The van der Waals surface area contributed by atoms with Crippen LogP contribution in [0.5, 0.6) is 0 Å². The molecule has 0 aliphatic rings. The average molecular weight is 227 g/mol. The highest BCUT2D eigenvalue weighted by atomic mass is 35.5. The molecule has 0 unspecified atom stereocenters. The van der Waals surface area contributed by atoms with Crippen LogP contribution in [0.25, 0.3) is 0 Å². The van der Waals surface area contributed by atoms with Gasteiger partial charge in [0.1, 0.15) is 0 Å². The van der Waals surface area contributed by atoms with E-state index in [1.807, 2.05) is 12.1 Å². The minimum absolute atomic E-state index is 0.577. The predicted molar refractivity (Wildman–Crippen MR) is 67.7 cm³/mol. The zero-order chi connectivity index (χ0) is 11.1. The molecule has 2 nitrogen and oxygen atoms in total. The summed E-state index contributed by atoms with van der Waals surface area (Å²) in [6.07, 6.45) is 1.15. The van der Waals surface area contributed by atoms with Gasteiger partial charge < -0.3 is 10.2 Å². The molecule has 0 aliphatic heterocycles. The van der Waals surface area contributed by atoms with Crippen LogP contribution >= 0.6 is 11.6 Å². The number of hydrogen-bond acceptors (Lipinski definition) is 2. The van der Waals surface area contributed by atoms with Crippen LogP contribution in [0.3, 0.4) is 0 Å². The molecule has 0 aliphatic carbocycles. The quantitative estimate of drug-likeness (QED) is 0.593. The average Bonchev–Trinajstić information content (AvgIpc) is 2.24. The molecular formula is C12H19ClN2. The molecule has 1 aromatic carbocycles. The Kier molecular flexibility index (Phi) is 5.51. The molecule has 15 heavy (non-hydrogen) atoms. The zero-order valence-corrected chi connectivity index (χ0v) is 10.2. The summed E-state index contributed by atoms with van der Waals surface area (Å²) in [7, 11) is 4.18. The molecule has 0 fully saturated rings. The highest BCUT2D eigenvalue weighted by molar-refractivity contribution is 6.17. The first-order valence-corrected chi connectivity index (χ1v) is 5.79. The minimum Gasteiger partial charge on any atom is -0.385 e. The Hall–Kier alpha value is -0.730. The zero-order valence-electron chi connectivity index (χ0n) is 9.46. The topological polar surface area (TPSA) is 15.3 Å². The molecule has 0 bridgehead atoms. The molecule has 0 aromatic heterocycles. The van der Waals surface area contributed by atoms with Crippen molar-refractivity contribution in [1.29, 1.82) is 0 Å². The Morgan fingerprint density at radius 2 is 2.13 bits per heavy atom. The van der Waals surface area contributed by atoms with Crippen molar-refractivity contribution in [2.45, 2.75) is 12.3 Å². The molecule has 0 amide bonds. The third kappa shape index (κ3) is 5.05. The summed E-state index contributed by atoms with van der Waals surface area (Å²) in [5, 5.41) is 3.39. The lowest BCUT2D eigenvalue weighted by atomic mass is 10.2. The number of benzene rings is 1. The molecule has 1 rings (SSSR count). The Balaban J connectivity index is 2.30. The van der Waals surface area contributed by atoms with Gasteiger partial charge in [0.05, 0.1) is 0 Å². The third-order valence-corrected chi connectivity index (χ3v) is 2.50. The van der Waals surface area contributed by atoms with E-state index in [1.165, 1.54) is 0 Å². The maximum atomic E-state index is 5.77. The summed E-state index contributed by atoms with van der Waals surface area (Å²) < 4.78 is 0. The largest absolute Gasteiger partial charge is 0.385 e. The van der Waals surface area contributed by atoms with Gasteiger partial charge >= 0.3 is 0 Å². The molecule has 84 valence electrons. The maximum absolute atomic E-state index is 5.77. The van der Waals surface area contributed by atoms with E-state index in [0.29, 0.717) is 5.88 Å². The Bertz CT molecular complexity index is 287. The SMILES string of the molecule is CN(C)CCCNc1cccc(CCl)c1. The molecule has 0 saturated carbocycles. The second kappa shape index (κ2) is 6.70. The van der Waals surface area contributed by atoms with E-state index in [0.717, 1.165) is 30.8 Å². The van der Waals surface area contributed by atoms with Gasteiger partial charge in [-0.3, -0.25) is 0 Å². The van der Waals surface area contributed by atoms with E-state index >= 15 is 0 Å². The molecule has 0 radical (unpaired) electrons. The van der Waals surface area contributed by atoms with E-state index in [1.54, 1.807) is 0 Å². The van der Waals surface area contributed by atoms with Gasteiger partial charge in [0.25, 0.3) is 0 Å². The second-order valence-electron chi connectivity index (χ2n) is 3.92. The van der Waals surface area contributed by atoms with Gasteiger partial charge in [-0.1, -0.05) is 12.1 Å². The number of anilines is 1. The van der Waals surface area contributed by atoms with Crippen LogP contribution in [0.1, 0.15) is 12.0 Å². The van der Waals surface area contributed by atoms with E-state index in [9.17, 15) is 0 Å². The van der Waals surface area contributed by atoms with E-state index in [4.69, 9.17) is 11.6 Å². The van der Waals surface area contributed by atoms with E-state index in [2.05, 4.69) is 36.4 Å². The van der Waals surface area contributed by atoms with Gasteiger partial charge in [0.15, 0.2) is 0 Å². The molecule has 1 aromatic rings. The fraction of sp³-hybridized carbons (Fsp3) is 0.500. The summed E-state index contributed by atoms with van der Waals surface area (Å²) in [6.45, 7) is 2.12. The highest BCUT2D eigenvalue weighted by Crippen LogP contribution is 2.12. The molecule has 0 saturated heterocycles. The van der Waals surface area contributed by atoms with Crippen molar-refractivity contribution in [1.82, 2.24) is 4.90 Å². The highest BCUT2D eigenvalue weighted by Gasteiger charge is 1.94. The van der Waals surface area contributed by atoms with Gasteiger partial charge in [0, 0.05) is 18.1 Å². The summed E-state index contributed by atoms with van der Waals surface area (Å²) >= 11 is 5.77. The van der Waals surface area contributed by atoms with Crippen molar-refractivity contribution in [2.75, 3.05) is 32.5 Å². The molecule has 0 atom stereocenters. The summed E-state index contributed by atoms with van der Waals surface area (Å²) in [5.74, 6) is 0.577. The van der Waals surface area contributed by atoms with Crippen molar-refractivity contribution < 1.29 is 0 Å². The summed E-state index contributed by atoms with van der Waals surface area (Å²) in [4.78, 5) is 2.19. The third-order valence-electron chi connectivity index (χ3n) is 2.19. The molecule has 1 N–H and O–H groups in total. The van der Waals surface area contributed by atoms with Gasteiger partial charge in [0.2, 0.25) is 0 Å². The Labute approximate surface area is 97.2 Å². The van der Waals surface area contributed by atoms with E-state index < -0.39 is 0 Å². The molecular weight excluding hydrogens is 208 g/mol. The fourth-order valence-electron chi connectivity index (χ4n) is 1.39. The lowest BCUT2D eigenvalue weighted by molar-refractivity contribution is 0.405. The molecule has 0 spiro atoms. The van der Waals surface area contributed by atoms with Crippen molar-refractivity contribution >= 4 is 17.3 Å². The monoisotopic (exact) mass is 226 g/mol. The van der Waals surface area contributed by atoms with Crippen molar-refractivity contribution in [2.24, 2.45) is 0 Å². The summed E-state index contributed by atoms with van der Waals surface area (Å²) in [5.41, 5.74) is 2.32. The summed E-state index contributed by atoms with van der Waals surface area (Å²) in [6, 6.07) is 8.25. The first-order chi connectivity index (χ1) is 7.22. The number of alkyl halides is 1. The Morgan fingerprint density at radius 3 is 2.80 bits per heavy atom. The molecule has 0 heterocycles. The van der Waals surface area contributed by atoms with Crippen LogP contribution in [-0.4, -0.2) is 32.1 Å². The van der Waals surface area contributed by atoms with Crippen molar-refractivity contribution in [3.8, 4) is 0 Å². The van der Waals surface area contributed by atoms with Crippen molar-refractivity contribution in [3.63, 3.8) is 0 Å². The number of nitrogens with one attached hydrogen (secondary N) is 1. The van der Waals surface area contributed by atoms with Crippen LogP contribution in [0, 0.1) is 0 Å². The Morgan fingerprint density at radius 1 is 1.33 bits per heavy atom. The number of halogens is 1.